The average Bonchev–Trinajstić information content (AvgIpc) is 2.90. The number of nitrogens with zero attached hydrogens (tertiary/aromatic N) is 1. The van der Waals surface area contributed by atoms with E-state index in [0.29, 0.717) is 11.8 Å². The first kappa shape index (κ1) is 8.96. The van der Waals surface area contributed by atoms with Crippen LogP contribution < -0.4 is 4.90 Å². The predicted octanol–water partition coefficient (Wildman–Crippen LogP) is 2.26. The van der Waals surface area contributed by atoms with Crippen molar-refractivity contribution in [2.45, 2.75) is 31.6 Å². The zero-order chi connectivity index (χ0) is 10.6. The van der Waals surface area contributed by atoms with E-state index in [2.05, 4.69) is 25.1 Å². The molecule has 1 aliphatic heterocycles. The highest BCUT2D eigenvalue weighted by Crippen LogP contribution is 2.48. The largest absolute Gasteiger partial charge is 0.315 e. The highest BCUT2D eigenvalue weighted by Gasteiger charge is 2.39. The van der Waals surface area contributed by atoms with Gasteiger partial charge in [-0.05, 0) is 35.4 Å². The SMILES string of the molecule is CN1C(=O)Cc2cc(C3(C)CC3)ccc21. The number of rotatable bonds is 1. The molecular formula is C13H15NO. The van der Waals surface area contributed by atoms with Crippen LogP contribution in [0.4, 0.5) is 5.69 Å². The third-order valence-electron chi connectivity index (χ3n) is 3.85. The Labute approximate surface area is 89.9 Å². The molecule has 0 spiro atoms. The molecule has 0 aromatic heterocycles. The van der Waals surface area contributed by atoms with Gasteiger partial charge < -0.3 is 4.90 Å². The lowest BCUT2D eigenvalue weighted by Crippen LogP contribution is -2.20. The van der Waals surface area contributed by atoms with Gasteiger partial charge in [0.1, 0.15) is 0 Å². The Kier molecular flexibility index (Phi) is 1.57. The second kappa shape index (κ2) is 2.63. The van der Waals surface area contributed by atoms with Crippen LogP contribution in [0.1, 0.15) is 30.9 Å². The minimum absolute atomic E-state index is 0.211. The molecule has 0 radical (unpaired) electrons. The fourth-order valence-corrected chi connectivity index (χ4v) is 2.32. The Morgan fingerprint density at radius 3 is 2.73 bits per heavy atom. The molecule has 1 heterocycles. The third-order valence-corrected chi connectivity index (χ3v) is 3.85. The number of hydrogen-bond donors (Lipinski definition) is 0. The summed E-state index contributed by atoms with van der Waals surface area (Å²) in [5.41, 5.74) is 4.10. The number of likely N-dealkylation sites (N-methyl/N-ethyl adjacent to an activating group) is 1. The van der Waals surface area contributed by atoms with Crippen LogP contribution in [-0.4, -0.2) is 13.0 Å². The highest BCUT2D eigenvalue weighted by atomic mass is 16.2. The fourth-order valence-electron chi connectivity index (χ4n) is 2.32. The summed E-state index contributed by atoms with van der Waals surface area (Å²) in [4.78, 5) is 13.3. The smallest absolute Gasteiger partial charge is 0.231 e. The van der Waals surface area contributed by atoms with Crippen molar-refractivity contribution in [3.05, 3.63) is 29.3 Å². The minimum atomic E-state index is 0.211. The van der Waals surface area contributed by atoms with Crippen LogP contribution in [0.2, 0.25) is 0 Å². The molecule has 1 fully saturated rings. The van der Waals surface area contributed by atoms with Gasteiger partial charge >= 0.3 is 0 Å². The molecule has 1 saturated carbocycles. The van der Waals surface area contributed by atoms with E-state index in [0.717, 1.165) is 5.69 Å². The lowest BCUT2D eigenvalue weighted by molar-refractivity contribution is -0.117. The molecule has 1 aliphatic carbocycles. The molecule has 0 N–H and O–H groups in total. The van der Waals surface area contributed by atoms with Crippen molar-refractivity contribution >= 4 is 11.6 Å². The Balaban J connectivity index is 2.05. The minimum Gasteiger partial charge on any atom is -0.315 e. The zero-order valence-electron chi connectivity index (χ0n) is 9.21. The van der Waals surface area contributed by atoms with E-state index in [9.17, 15) is 4.79 Å². The van der Waals surface area contributed by atoms with E-state index < -0.39 is 0 Å². The Morgan fingerprint density at radius 2 is 2.07 bits per heavy atom. The van der Waals surface area contributed by atoms with Crippen molar-refractivity contribution in [3.63, 3.8) is 0 Å². The summed E-state index contributed by atoms with van der Waals surface area (Å²) in [6.45, 7) is 2.30. The highest BCUT2D eigenvalue weighted by molar-refractivity contribution is 6.00. The summed E-state index contributed by atoms with van der Waals surface area (Å²) in [5, 5.41) is 0. The summed E-state index contributed by atoms with van der Waals surface area (Å²) in [5.74, 6) is 0.211. The van der Waals surface area contributed by atoms with E-state index in [-0.39, 0.29) is 5.91 Å². The van der Waals surface area contributed by atoms with Gasteiger partial charge in [-0.15, -0.1) is 0 Å². The van der Waals surface area contributed by atoms with Crippen molar-refractivity contribution in [2.75, 3.05) is 11.9 Å². The van der Waals surface area contributed by atoms with Gasteiger partial charge in [-0.3, -0.25) is 4.79 Å². The summed E-state index contributed by atoms with van der Waals surface area (Å²) < 4.78 is 0. The molecule has 15 heavy (non-hydrogen) atoms. The van der Waals surface area contributed by atoms with E-state index in [4.69, 9.17) is 0 Å². The monoisotopic (exact) mass is 201 g/mol. The van der Waals surface area contributed by atoms with Gasteiger partial charge in [-0.1, -0.05) is 19.1 Å². The van der Waals surface area contributed by atoms with Crippen LogP contribution in [0, 0.1) is 0 Å². The number of benzene rings is 1. The van der Waals surface area contributed by atoms with E-state index in [1.54, 1.807) is 4.90 Å². The average molecular weight is 201 g/mol. The second-order valence-corrected chi connectivity index (χ2v) is 5.03. The molecule has 2 aliphatic rings. The maximum Gasteiger partial charge on any atom is 0.231 e. The molecule has 78 valence electrons. The normalized spacial score (nSPS) is 21.7. The van der Waals surface area contributed by atoms with Gasteiger partial charge in [0.15, 0.2) is 0 Å². The third kappa shape index (κ3) is 1.21. The fraction of sp³-hybridized carbons (Fsp3) is 0.462. The maximum atomic E-state index is 11.5. The standard InChI is InChI=1S/C13H15NO/c1-13(5-6-13)10-3-4-11-9(7-10)8-12(15)14(11)2/h3-4,7H,5-6,8H2,1-2H3. The number of hydrogen-bond acceptors (Lipinski definition) is 1. The number of anilines is 1. The summed E-state index contributed by atoms with van der Waals surface area (Å²) in [6, 6.07) is 6.50. The Hall–Kier alpha value is -1.31. The predicted molar refractivity (Wildman–Crippen MR) is 60.1 cm³/mol. The topological polar surface area (TPSA) is 20.3 Å². The lowest BCUT2D eigenvalue weighted by atomic mass is 9.95. The molecule has 0 unspecified atom stereocenters. The molecule has 2 nitrogen and oxygen atoms in total. The summed E-state index contributed by atoms with van der Waals surface area (Å²) >= 11 is 0. The van der Waals surface area contributed by atoms with E-state index in [1.165, 1.54) is 24.0 Å². The van der Waals surface area contributed by atoms with Crippen molar-refractivity contribution < 1.29 is 4.79 Å². The Morgan fingerprint density at radius 1 is 1.33 bits per heavy atom. The van der Waals surface area contributed by atoms with Crippen LogP contribution in [0.15, 0.2) is 18.2 Å². The van der Waals surface area contributed by atoms with Crippen LogP contribution in [0.3, 0.4) is 0 Å². The van der Waals surface area contributed by atoms with Crippen molar-refractivity contribution in [1.29, 1.82) is 0 Å². The first-order valence-corrected chi connectivity index (χ1v) is 5.50. The molecule has 0 saturated heterocycles. The molecule has 0 atom stereocenters. The quantitative estimate of drug-likeness (QED) is 0.682. The second-order valence-electron chi connectivity index (χ2n) is 5.03. The van der Waals surface area contributed by atoms with Crippen molar-refractivity contribution in [3.8, 4) is 0 Å². The maximum absolute atomic E-state index is 11.5. The van der Waals surface area contributed by atoms with Crippen molar-refractivity contribution in [2.24, 2.45) is 0 Å². The molecule has 3 rings (SSSR count). The number of carbonyl (C=O) groups is 1. The first-order chi connectivity index (χ1) is 7.10. The van der Waals surface area contributed by atoms with Gasteiger partial charge in [-0.2, -0.15) is 0 Å². The molecule has 1 aromatic rings. The van der Waals surface area contributed by atoms with Gasteiger partial charge in [0.25, 0.3) is 0 Å². The zero-order valence-corrected chi connectivity index (χ0v) is 9.21. The Bertz CT molecular complexity index is 446. The van der Waals surface area contributed by atoms with Gasteiger partial charge in [0, 0.05) is 12.7 Å². The van der Waals surface area contributed by atoms with Gasteiger partial charge in [0.05, 0.1) is 6.42 Å². The number of carbonyl (C=O) groups excluding carboxylic acids is 1. The molecule has 2 heteroatoms. The molecule has 0 bridgehead atoms. The van der Waals surface area contributed by atoms with Gasteiger partial charge in [-0.25, -0.2) is 0 Å². The molecule has 1 aromatic carbocycles. The summed E-state index contributed by atoms with van der Waals surface area (Å²) in [7, 11) is 1.85. The number of fused-ring (bicyclic) bond motifs is 1. The van der Waals surface area contributed by atoms with Crippen molar-refractivity contribution in [1.82, 2.24) is 0 Å². The number of amides is 1. The van der Waals surface area contributed by atoms with Crippen LogP contribution >= 0.6 is 0 Å². The van der Waals surface area contributed by atoms with Crippen LogP contribution in [0.25, 0.3) is 0 Å². The molecule has 1 amide bonds. The first-order valence-electron chi connectivity index (χ1n) is 5.50. The van der Waals surface area contributed by atoms with Crippen LogP contribution in [0.5, 0.6) is 0 Å². The van der Waals surface area contributed by atoms with Crippen LogP contribution in [-0.2, 0) is 16.6 Å². The summed E-state index contributed by atoms with van der Waals surface area (Å²) in [6.07, 6.45) is 3.15. The van der Waals surface area contributed by atoms with Gasteiger partial charge in [0.2, 0.25) is 5.91 Å². The lowest BCUT2D eigenvalue weighted by Gasteiger charge is -2.13. The molecular weight excluding hydrogens is 186 g/mol. The van der Waals surface area contributed by atoms with E-state index in [1.807, 2.05) is 7.05 Å². The van der Waals surface area contributed by atoms with E-state index >= 15 is 0 Å².